The SMILES string of the molecule is CN(C(=O)C1C2C=CC(C2)C1C(=O)O)c1ccc(F)cc1. The maximum Gasteiger partial charge on any atom is 0.307 e. The largest absolute Gasteiger partial charge is 0.481 e. The molecule has 5 heteroatoms. The van der Waals surface area contributed by atoms with Crippen LogP contribution in [0.15, 0.2) is 36.4 Å². The lowest BCUT2D eigenvalue weighted by molar-refractivity contribution is -0.147. The summed E-state index contributed by atoms with van der Waals surface area (Å²) < 4.78 is 13.0. The van der Waals surface area contributed by atoms with Gasteiger partial charge in [-0.15, -0.1) is 0 Å². The van der Waals surface area contributed by atoms with E-state index in [1.54, 1.807) is 7.05 Å². The van der Waals surface area contributed by atoms with E-state index in [2.05, 4.69) is 0 Å². The lowest BCUT2D eigenvalue weighted by Crippen LogP contribution is -2.41. The van der Waals surface area contributed by atoms with Crippen LogP contribution in [0.5, 0.6) is 0 Å². The second-order valence-corrected chi connectivity index (χ2v) is 5.71. The molecule has 0 saturated heterocycles. The number of carboxylic acids is 1. The normalized spacial score (nSPS) is 29.6. The lowest BCUT2D eigenvalue weighted by Gasteiger charge is -2.28. The highest BCUT2D eigenvalue weighted by molar-refractivity contribution is 5.97. The predicted molar refractivity (Wildman–Crippen MR) is 75.2 cm³/mol. The monoisotopic (exact) mass is 289 g/mol. The number of amides is 1. The van der Waals surface area contributed by atoms with Crippen molar-refractivity contribution >= 4 is 17.6 Å². The van der Waals surface area contributed by atoms with Gasteiger partial charge in [0, 0.05) is 12.7 Å². The van der Waals surface area contributed by atoms with Gasteiger partial charge < -0.3 is 10.0 Å². The van der Waals surface area contributed by atoms with E-state index in [4.69, 9.17) is 0 Å². The third kappa shape index (κ3) is 2.22. The molecule has 2 aliphatic carbocycles. The molecule has 4 nitrogen and oxygen atoms in total. The minimum Gasteiger partial charge on any atom is -0.481 e. The van der Waals surface area contributed by atoms with Crippen LogP contribution in [0.2, 0.25) is 0 Å². The fourth-order valence-corrected chi connectivity index (χ4v) is 3.51. The molecular formula is C16H16FNO3. The van der Waals surface area contributed by atoms with Crippen molar-refractivity contribution in [3.8, 4) is 0 Å². The summed E-state index contributed by atoms with van der Waals surface area (Å²) in [7, 11) is 1.60. The summed E-state index contributed by atoms with van der Waals surface area (Å²) in [5.74, 6) is -2.76. The van der Waals surface area contributed by atoms with Crippen molar-refractivity contribution in [3.05, 3.63) is 42.2 Å². The molecule has 21 heavy (non-hydrogen) atoms. The molecule has 0 radical (unpaired) electrons. The number of hydrogen-bond donors (Lipinski definition) is 1. The van der Waals surface area contributed by atoms with Gasteiger partial charge in [-0.2, -0.15) is 0 Å². The minimum atomic E-state index is -0.919. The van der Waals surface area contributed by atoms with Crippen molar-refractivity contribution in [1.29, 1.82) is 0 Å². The molecule has 1 aromatic carbocycles. The summed E-state index contributed by atoms with van der Waals surface area (Å²) in [5.41, 5.74) is 0.567. The van der Waals surface area contributed by atoms with Crippen molar-refractivity contribution in [3.63, 3.8) is 0 Å². The van der Waals surface area contributed by atoms with Gasteiger partial charge in [0.15, 0.2) is 0 Å². The van der Waals surface area contributed by atoms with Crippen LogP contribution in [0.25, 0.3) is 0 Å². The van der Waals surface area contributed by atoms with Gasteiger partial charge in [0.1, 0.15) is 5.82 Å². The number of nitrogens with zero attached hydrogens (tertiary/aromatic N) is 1. The molecule has 4 atom stereocenters. The summed E-state index contributed by atoms with van der Waals surface area (Å²) in [5, 5.41) is 9.39. The highest BCUT2D eigenvalue weighted by atomic mass is 19.1. The van der Waals surface area contributed by atoms with Crippen molar-refractivity contribution < 1.29 is 19.1 Å². The van der Waals surface area contributed by atoms with Crippen LogP contribution in [-0.4, -0.2) is 24.0 Å². The Morgan fingerprint density at radius 2 is 1.71 bits per heavy atom. The molecule has 0 aliphatic heterocycles. The Hall–Kier alpha value is -2.17. The zero-order valence-electron chi connectivity index (χ0n) is 11.6. The number of benzene rings is 1. The van der Waals surface area contributed by atoms with Crippen LogP contribution < -0.4 is 4.90 Å². The highest BCUT2D eigenvalue weighted by Gasteiger charge is 2.52. The Morgan fingerprint density at radius 1 is 1.14 bits per heavy atom. The number of fused-ring (bicyclic) bond motifs is 2. The zero-order chi connectivity index (χ0) is 15.1. The maximum atomic E-state index is 13.0. The van der Waals surface area contributed by atoms with Crippen molar-refractivity contribution in [2.24, 2.45) is 23.7 Å². The summed E-state index contributed by atoms with van der Waals surface area (Å²) in [6.07, 6.45) is 4.58. The van der Waals surface area contributed by atoms with E-state index in [1.807, 2.05) is 12.2 Å². The summed E-state index contributed by atoms with van der Waals surface area (Å²) in [4.78, 5) is 25.6. The van der Waals surface area contributed by atoms with Crippen LogP contribution in [-0.2, 0) is 9.59 Å². The van der Waals surface area contributed by atoms with E-state index >= 15 is 0 Å². The number of halogens is 1. The quantitative estimate of drug-likeness (QED) is 0.869. The fourth-order valence-electron chi connectivity index (χ4n) is 3.51. The second kappa shape index (κ2) is 4.98. The molecule has 0 spiro atoms. The number of allylic oxidation sites excluding steroid dienone is 2. The summed E-state index contributed by atoms with van der Waals surface area (Å²) in [6, 6.07) is 5.61. The fraction of sp³-hybridized carbons (Fsp3) is 0.375. The molecule has 2 bridgehead atoms. The molecule has 1 aromatic rings. The van der Waals surface area contributed by atoms with Gasteiger partial charge in [0.05, 0.1) is 11.8 Å². The molecule has 0 heterocycles. The van der Waals surface area contributed by atoms with E-state index in [0.717, 1.165) is 6.42 Å². The van der Waals surface area contributed by atoms with E-state index < -0.39 is 17.8 Å². The molecule has 0 aromatic heterocycles. The molecule has 110 valence electrons. The molecule has 4 unspecified atom stereocenters. The van der Waals surface area contributed by atoms with Gasteiger partial charge in [-0.3, -0.25) is 9.59 Å². The standard InChI is InChI=1S/C16H16FNO3/c1-18(12-6-4-11(17)5-7-12)15(19)13-9-2-3-10(8-9)14(13)16(20)21/h2-7,9-10,13-14H,8H2,1H3,(H,20,21). The topological polar surface area (TPSA) is 57.6 Å². The first-order valence-corrected chi connectivity index (χ1v) is 6.93. The van der Waals surface area contributed by atoms with E-state index in [-0.39, 0.29) is 23.6 Å². The maximum absolute atomic E-state index is 13.0. The van der Waals surface area contributed by atoms with Crippen molar-refractivity contribution in [2.45, 2.75) is 6.42 Å². The summed E-state index contributed by atoms with van der Waals surface area (Å²) in [6.45, 7) is 0. The van der Waals surface area contributed by atoms with E-state index in [0.29, 0.717) is 5.69 Å². The Balaban J connectivity index is 1.85. The zero-order valence-corrected chi connectivity index (χ0v) is 11.6. The number of carbonyl (C=O) groups is 2. The van der Waals surface area contributed by atoms with E-state index in [1.165, 1.54) is 29.2 Å². The Kier molecular flexibility index (Phi) is 3.27. The Labute approximate surface area is 121 Å². The van der Waals surface area contributed by atoms with Gasteiger partial charge in [0.2, 0.25) is 5.91 Å². The number of rotatable bonds is 3. The van der Waals surface area contributed by atoms with Crippen molar-refractivity contribution in [2.75, 3.05) is 11.9 Å². The lowest BCUT2D eigenvalue weighted by atomic mass is 9.82. The van der Waals surface area contributed by atoms with Gasteiger partial charge >= 0.3 is 5.97 Å². The van der Waals surface area contributed by atoms with Gasteiger partial charge in [-0.25, -0.2) is 4.39 Å². The molecule has 1 fully saturated rings. The average Bonchev–Trinajstić information content (AvgIpc) is 3.07. The first-order valence-electron chi connectivity index (χ1n) is 6.93. The smallest absolute Gasteiger partial charge is 0.307 e. The molecule has 1 amide bonds. The molecule has 3 rings (SSSR count). The molecular weight excluding hydrogens is 273 g/mol. The van der Waals surface area contributed by atoms with Gasteiger partial charge in [-0.05, 0) is 42.5 Å². The van der Waals surface area contributed by atoms with E-state index in [9.17, 15) is 19.1 Å². The molecule has 1 saturated carbocycles. The number of aliphatic carboxylic acids is 1. The third-order valence-electron chi connectivity index (χ3n) is 4.57. The Bertz CT molecular complexity index is 610. The molecule has 1 N–H and O–H groups in total. The van der Waals surface area contributed by atoms with Crippen LogP contribution in [0.3, 0.4) is 0 Å². The highest BCUT2D eigenvalue weighted by Crippen LogP contribution is 2.48. The number of carboxylic acid groups (broad SMARTS) is 1. The number of hydrogen-bond acceptors (Lipinski definition) is 2. The Morgan fingerprint density at radius 3 is 2.29 bits per heavy atom. The predicted octanol–water partition coefficient (Wildman–Crippen LogP) is 2.31. The molecule has 2 aliphatic rings. The van der Waals surface area contributed by atoms with Crippen molar-refractivity contribution in [1.82, 2.24) is 0 Å². The van der Waals surface area contributed by atoms with Crippen LogP contribution >= 0.6 is 0 Å². The van der Waals surface area contributed by atoms with Crippen LogP contribution in [0.4, 0.5) is 10.1 Å². The second-order valence-electron chi connectivity index (χ2n) is 5.71. The van der Waals surface area contributed by atoms with Gasteiger partial charge in [-0.1, -0.05) is 12.2 Å². The van der Waals surface area contributed by atoms with Crippen LogP contribution in [0, 0.1) is 29.5 Å². The first-order chi connectivity index (χ1) is 9.99. The average molecular weight is 289 g/mol. The minimum absolute atomic E-state index is 0.00787. The summed E-state index contributed by atoms with van der Waals surface area (Å²) >= 11 is 0. The van der Waals surface area contributed by atoms with Crippen LogP contribution in [0.1, 0.15) is 6.42 Å². The number of anilines is 1. The first kappa shape index (κ1) is 13.8. The number of carbonyl (C=O) groups excluding carboxylic acids is 1. The van der Waals surface area contributed by atoms with Gasteiger partial charge in [0.25, 0.3) is 0 Å². The third-order valence-corrected chi connectivity index (χ3v) is 4.57.